The van der Waals surface area contributed by atoms with Crippen LogP contribution >= 0.6 is 0 Å². The van der Waals surface area contributed by atoms with E-state index in [-0.39, 0.29) is 6.04 Å². The van der Waals surface area contributed by atoms with Gasteiger partial charge in [-0.05, 0) is 38.5 Å². The van der Waals surface area contributed by atoms with Crippen molar-refractivity contribution in [1.29, 1.82) is 0 Å². The average molecular weight is 313 g/mol. The molecule has 3 heteroatoms. The summed E-state index contributed by atoms with van der Waals surface area (Å²) in [5.41, 5.74) is 3.54. The van der Waals surface area contributed by atoms with E-state index in [0.717, 1.165) is 25.2 Å². The van der Waals surface area contributed by atoms with E-state index >= 15 is 0 Å². The maximum atomic E-state index is 10.4. The topological polar surface area (TPSA) is 40.1 Å². The van der Waals surface area contributed by atoms with Gasteiger partial charge in [0.15, 0.2) is 0 Å². The first-order valence-corrected chi connectivity index (χ1v) is 8.56. The van der Waals surface area contributed by atoms with Crippen LogP contribution in [0.2, 0.25) is 0 Å². The molecule has 2 aromatic rings. The SMILES string of the molecule is CCN(CC)c1ccc(C[NH2+][C@@H](C)[C@@H](O)c2ccccc2)cc1. The molecule has 3 N–H and O–H groups in total. The molecule has 0 aromatic heterocycles. The van der Waals surface area contributed by atoms with Gasteiger partial charge in [-0.2, -0.15) is 0 Å². The number of nitrogens with zero attached hydrogens (tertiary/aromatic N) is 1. The molecule has 23 heavy (non-hydrogen) atoms. The maximum absolute atomic E-state index is 10.4. The minimum Gasteiger partial charge on any atom is -0.382 e. The summed E-state index contributed by atoms with van der Waals surface area (Å²) in [4.78, 5) is 2.34. The summed E-state index contributed by atoms with van der Waals surface area (Å²) < 4.78 is 0. The van der Waals surface area contributed by atoms with Crippen molar-refractivity contribution in [2.45, 2.75) is 39.5 Å². The predicted molar refractivity (Wildman–Crippen MR) is 96.5 cm³/mol. The van der Waals surface area contributed by atoms with Crippen LogP contribution in [-0.4, -0.2) is 24.2 Å². The van der Waals surface area contributed by atoms with Gasteiger partial charge in [0.25, 0.3) is 0 Å². The van der Waals surface area contributed by atoms with Crippen LogP contribution in [0.5, 0.6) is 0 Å². The molecule has 0 fully saturated rings. The van der Waals surface area contributed by atoms with E-state index < -0.39 is 6.10 Å². The molecule has 0 amide bonds. The Balaban J connectivity index is 1.90. The second-order valence-corrected chi connectivity index (χ2v) is 5.99. The van der Waals surface area contributed by atoms with Gasteiger partial charge in [-0.15, -0.1) is 0 Å². The number of hydrogen-bond donors (Lipinski definition) is 2. The standard InChI is InChI=1S/C20H28N2O/c1-4-22(5-2)19-13-11-17(12-14-19)15-21-16(3)20(23)18-9-7-6-8-10-18/h6-14,16,20-21,23H,4-5,15H2,1-3H3/p+1/t16-,20+/m0/s1. The highest BCUT2D eigenvalue weighted by Crippen LogP contribution is 2.15. The van der Waals surface area contributed by atoms with Gasteiger partial charge < -0.3 is 15.3 Å². The quantitative estimate of drug-likeness (QED) is 0.787. The van der Waals surface area contributed by atoms with E-state index in [2.05, 4.69) is 55.3 Å². The van der Waals surface area contributed by atoms with Gasteiger partial charge in [0.1, 0.15) is 18.7 Å². The lowest BCUT2D eigenvalue weighted by atomic mass is 10.0. The van der Waals surface area contributed by atoms with Crippen molar-refractivity contribution >= 4 is 5.69 Å². The van der Waals surface area contributed by atoms with Crippen molar-refractivity contribution < 1.29 is 10.4 Å². The number of rotatable bonds is 8. The molecule has 0 aliphatic heterocycles. The van der Waals surface area contributed by atoms with Crippen LogP contribution in [-0.2, 0) is 6.54 Å². The van der Waals surface area contributed by atoms with Crippen molar-refractivity contribution in [2.24, 2.45) is 0 Å². The Bertz CT molecular complexity index is 564. The van der Waals surface area contributed by atoms with Crippen LogP contribution < -0.4 is 10.2 Å². The fourth-order valence-electron chi connectivity index (χ4n) is 2.84. The number of anilines is 1. The third-order valence-corrected chi connectivity index (χ3v) is 4.43. The molecule has 0 bridgehead atoms. The Morgan fingerprint density at radius 3 is 2.13 bits per heavy atom. The summed E-state index contributed by atoms with van der Waals surface area (Å²) in [5.74, 6) is 0. The summed E-state index contributed by atoms with van der Waals surface area (Å²) >= 11 is 0. The van der Waals surface area contributed by atoms with Crippen LogP contribution in [0.3, 0.4) is 0 Å². The Morgan fingerprint density at radius 2 is 1.57 bits per heavy atom. The highest BCUT2D eigenvalue weighted by molar-refractivity contribution is 5.47. The third-order valence-electron chi connectivity index (χ3n) is 4.43. The van der Waals surface area contributed by atoms with E-state index in [1.54, 1.807) is 0 Å². The molecule has 0 aliphatic carbocycles. The molecule has 0 radical (unpaired) electrons. The van der Waals surface area contributed by atoms with Gasteiger partial charge in [0.05, 0.1) is 0 Å². The minimum atomic E-state index is -0.439. The van der Waals surface area contributed by atoms with E-state index in [9.17, 15) is 5.11 Å². The molecule has 0 unspecified atom stereocenters. The van der Waals surface area contributed by atoms with Crippen molar-refractivity contribution in [2.75, 3.05) is 18.0 Å². The van der Waals surface area contributed by atoms with Gasteiger partial charge in [-0.25, -0.2) is 0 Å². The lowest BCUT2D eigenvalue weighted by Gasteiger charge is -2.21. The first kappa shape index (κ1) is 17.5. The molecule has 124 valence electrons. The van der Waals surface area contributed by atoms with Crippen LogP contribution in [0.25, 0.3) is 0 Å². The van der Waals surface area contributed by atoms with Crippen LogP contribution in [0.15, 0.2) is 54.6 Å². The third kappa shape index (κ3) is 4.81. The summed E-state index contributed by atoms with van der Waals surface area (Å²) in [6, 6.07) is 18.7. The Kier molecular flexibility index (Phi) is 6.63. The van der Waals surface area contributed by atoms with E-state index in [1.807, 2.05) is 30.3 Å². The molecule has 0 heterocycles. The summed E-state index contributed by atoms with van der Waals surface area (Å²) in [5, 5.41) is 12.6. The van der Waals surface area contributed by atoms with Crippen molar-refractivity contribution in [3.05, 3.63) is 65.7 Å². The molecule has 3 nitrogen and oxygen atoms in total. The first-order valence-electron chi connectivity index (χ1n) is 8.56. The van der Waals surface area contributed by atoms with E-state index in [0.29, 0.717) is 0 Å². The van der Waals surface area contributed by atoms with Gasteiger partial charge >= 0.3 is 0 Å². The van der Waals surface area contributed by atoms with Gasteiger partial charge in [-0.3, -0.25) is 0 Å². The molecule has 0 aliphatic rings. The monoisotopic (exact) mass is 313 g/mol. The second-order valence-electron chi connectivity index (χ2n) is 5.99. The largest absolute Gasteiger partial charge is 0.382 e. The van der Waals surface area contributed by atoms with Crippen molar-refractivity contribution in [1.82, 2.24) is 0 Å². The Labute approximate surface area is 140 Å². The minimum absolute atomic E-state index is 0.125. The molecule has 0 spiro atoms. The normalized spacial score (nSPS) is 13.6. The Hall–Kier alpha value is -1.84. The Morgan fingerprint density at radius 1 is 0.957 bits per heavy atom. The number of nitrogens with two attached hydrogens (primary N) is 1. The molecular formula is C20H29N2O+. The summed E-state index contributed by atoms with van der Waals surface area (Å²) in [6.45, 7) is 9.37. The zero-order valence-corrected chi connectivity index (χ0v) is 14.4. The molecular weight excluding hydrogens is 284 g/mol. The zero-order valence-electron chi connectivity index (χ0n) is 14.4. The number of aliphatic hydroxyl groups is 1. The zero-order chi connectivity index (χ0) is 16.7. The number of quaternary nitrogens is 1. The molecule has 0 saturated heterocycles. The fraction of sp³-hybridized carbons (Fsp3) is 0.400. The van der Waals surface area contributed by atoms with Crippen LogP contribution in [0.1, 0.15) is 38.0 Å². The lowest BCUT2D eigenvalue weighted by Crippen LogP contribution is -2.88. The summed E-state index contributed by atoms with van der Waals surface area (Å²) in [6.07, 6.45) is -0.439. The van der Waals surface area contributed by atoms with Gasteiger partial charge in [0.2, 0.25) is 0 Å². The highest BCUT2D eigenvalue weighted by atomic mass is 16.3. The highest BCUT2D eigenvalue weighted by Gasteiger charge is 2.18. The van der Waals surface area contributed by atoms with E-state index in [4.69, 9.17) is 0 Å². The molecule has 0 saturated carbocycles. The van der Waals surface area contributed by atoms with Gasteiger partial charge in [0, 0.05) is 24.3 Å². The van der Waals surface area contributed by atoms with Crippen LogP contribution in [0, 0.1) is 0 Å². The smallest absolute Gasteiger partial charge is 0.130 e. The summed E-state index contributed by atoms with van der Waals surface area (Å²) in [7, 11) is 0. The fourth-order valence-corrected chi connectivity index (χ4v) is 2.84. The molecule has 2 atom stereocenters. The van der Waals surface area contributed by atoms with Crippen LogP contribution in [0.4, 0.5) is 5.69 Å². The second kappa shape index (κ2) is 8.70. The number of hydrogen-bond acceptors (Lipinski definition) is 2. The van der Waals surface area contributed by atoms with Gasteiger partial charge in [-0.1, -0.05) is 42.5 Å². The maximum Gasteiger partial charge on any atom is 0.130 e. The predicted octanol–water partition coefficient (Wildman–Crippen LogP) is 2.72. The lowest BCUT2D eigenvalue weighted by molar-refractivity contribution is -0.709. The molecule has 2 aromatic carbocycles. The number of benzene rings is 2. The van der Waals surface area contributed by atoms with Crippen molar-refractivity contribution in [3.8, 4) is 0 Å². The first-order chi connectivity index (χ1) is 11.2. The number of aliphatic hydroxyl groups excluding tert-OH is 1. The molecule has 2 rings (SSSR count). The average Bonchev–Trinajstić information content (AvgIpc) is 2.62. The van der Waals surface area contributed by atoms with Crippen molar-refractivity contribution in [3.63, 3.8) is 0 Å². The van der Waals surface area contributed by atoms with E-state index in [1.165, 1.54) is 11.3 Å².